The van der Waals surface area contributed by atoms with Crippen LogP contribution in [0.3, 0.4) is 0 Å². The second-order valence-corrected chi connectivity index (χ2v) is 9.42. The molecule has 0 saturated heterocycles. The Morgan fingerprint density at radius 2 is 1.85 bits per heavy atom. The predicted octanol–water partition coefficient (Wildman–Crippen LogP) is 5.72. The number of benzene rings is 1. The summed E-state index contributed by atoms with van der Waals surface area (Å²) < 4.78 is 15.4. The molecule has 1 aliphatic carbocycles. The second kappa shape index (κ2) is 9.47. The van der Waals surface area contributed by atoms with Crippen LogP contribution in [0.5, 0.6) is 11.5 Å². The Morgan fingerprint density at radius 1 is 1.03 bits per heavy atom. The van der Waals surface area contributed by atoms with E-state index in [0.717, 1.165) is 46.5 Å². The summed E-state index contributed by atoms with van der Waals surface area (Å²) in [5, 5.41) is 10.2. The van der Waals surface area contributed by atoms with E-state index in [1.807, 2.05) is 24.4 Å². The number of thioether (sulfide) groups is 1. The summed E-state index contributed by atoms with van der Waals surface area (Å²) in [7, 11) is 3.31. The number of pyridine rings is 1. The van der Waals surface area contributed by atoms with Crippen LogP contribution in [-0.4, -0.2) is 38.4 Å². The number of imidazole rings is 1. The van der Waals surface area contributed by atoms with Gasteiger partial charge in [0.2, 0.25) is 0 Å². The summed E-state index contributed by atoms with van der Waals surface area (Å²) in [4.78, 5) is 4.83. The molecule has 1 aromatic carbocycles. The van der Waals surface area contributed by atoms with Gasteiger partial charge in [0.25, 0.3) is 0 Å². The lowest BCUT2D eigenvalue weighted by molar-refractivity contribution is 0.339. The van der Waals surface area contributed by atoms with E-state index in [4.69, 9.17) is 14.5 Å². The third kappa shape index (κ3) is 4.31. The zero-order valence-electron chi connectivity index (χ0n) is 19.3. The Hall–Kier alpha value is -3.00. The van der Waals surface area contributed by atoms with Crippen molar-refractivity contribution in [1.29, 1.82) is 0 Å². The van der Waals surface area contributed by atoms with Gasteiger partial charge in [-0.25, -0.2) is 4.98 Å². The fourth-order valence-electron chi connectivity index (χ4n) is 4.63. The van der Waals surface area contributed by atoms with E-state index in [1.165, 1.54) is 24.8 Å². The van der Waals surface area contributed by atoms with Crippen molar-refractivity contribution in [3.8, 4) is 22.9 Å². The van der Waals surface area contributed by atoms with Crippen molar-refractivity contribution in [3.05, 3.63) is 54.0 Å². The van der Waals surface area contributed by atoms with Crippen LogP contribution in [0, 0.1) is 6.92 Å². The number of hydrogen-bond donors (Lipinski definition) is 0. The van der Waals surface area contributed by atoms with E-state index in [0.29, 0.717) is 17.5 Å². The molecule has 1 aliphatic rings. The lowest BCUT2D eigenvalue weighted by Crippen LogP contribution is -2.15. The highest BCUT2D eigenvalue weighted by atomic mass is 32.2. The Bertz CT molecular complexity index is 1260. The van der Waals surface area contributed by atoms with Gasteiger partial charge in [0.05, 0.1) is 19.9 Å². The van der Waals surface area contributed by atoms with Crippen LogP contribution in [0.25, 0.3) is 17.0 Å². The van der Waals surface area contributed by atoms with E-state index in [1.54, 1.807) is 26.0 Å². The first-order chi connectivity index (χ1) is 16.2. The summed E-state index contributed by atoms with van der Waals surface area (Å²) in [6.07, 6.45) is 10.2. The number of fused-ring (bicyclic) bond motifs is 1. The number of nitrogens with zero attached hydrogens (tertiary/aromatic N) is 5. The Morgan fingerprint density at radius 3 is 2.61 bits per heavy atom. The maximum Gasteiger partial charge on any atom is 0.192 e. The van der Waals surface area contributed by atoms with Gasteiger partial charge in [-0.3, -0.25) is 4.57 Å². The topological polar surface area (TPSA) is 66.5 Å². The van der Waals surface area contributed by atoms with Crippen LogP contribution in [0.15, 0.2) is 47.9 Å². The molecular formula is C25H29N5O2S. The molecule has 1 fully saturated rings. The molecule has 5 rings (SSSR count). The molecule has 172 valence electrons. The van der Waals surface area contributed by atoms with Crippen LogP contribution >= 0.6 is 11.8 Å². The van der Waals surface area contributed by atoms with Crippen LogP contribution < -0.4 is 9.47 Å². The monoisotopic (exact) mass is 463 g/mol. The maximum absolute atomic E-state index is 5.54. The second-order valence-electron chi connectivity index (χ2n) is 8.48. The molecule has 3 heterocycles. The SMILES string of the molecule is COc1ccc(-c2nnc(SCc3cn4cccc(C)c4n3)n2C2CCCCC2)cc1OC. The van der Waals surface area contributed by atoms with E-state index < -0.39 is 0 Å². The first kappa shape index (κ1) is 21.8. The number of aryl methyl sites for hydroxylation is 1. The van der Waals surface area contributed by atoms with Crippen LogP contribution in [0.1, 0.15) is 49.4 Å². The summed E-state index contributed by atoms with van der Waals surface area (Å²) in [5.41, 5.74) is 4.21. The van der Waals surface area contributed by atoms with Crippen molar-refractivity contribution in [2.24, 2.45) is 0 Å². The standard InChI is InChI=1S/C25H29N5O2S/c1-17-8-7-13-29-15-19(26-23(17)29)16-33-25-28-27-24(30(25)20-9-5-4-6-10-20)18-11-12-21(31-2)22(14-18)32-3/h7-8,11-15,20H,4-6,9-10,16H2,1-3H3. The number of rotatable bonds is 7. The maximum atomic E-state index is 5.54. The molecule has 0 radical (unpaired) electrons. The number of aromatic nitrogens is 5. The molecule has 3 aromatic heterocycles. The van der Waals surface area contributed by atoms with Gasteiger partial charge in [0.15, 0.2) is 22.5 Å². The van der Waals surface area contributed by atoms with Crippen LogP contribution in [-0.2, 0) is 5.75 Å². The Balaban J connectivity index is 1.48. The van der Waals surface area contributed by atoms with Crippen molar-refractivity contribution < 1.29 is 9.47 Å². The van der Waals surface area contributed by atoms with Gasteiger partial charge >= 0.3 is 0 Å². The lowest BCUT2D eigenvalue weighted by Gasteiger charge is -2.25. The molecule has 0 atom stereocenters. The van der Waals surface area contributed by atoms with Gasteiger partial charge in [-0.2, -0.15) is 0 Å². The van der Waals surface area contributed by atoms with Gasteiger partial charge in [-0.05, 0) is 49.6 Å². The highest BCUT2D eigenvalue weighted by Crippen LogP contribution is 2.38. The quantitative estimate of drug-likeness (QED) is 0.327. The van der Waals surface area contributed by atoms with Gasteiger partial charge in [-0.15, -0.1) is 10.2 Å². The minimum absolute atomic E-state index is 0.405. The van der Waals surface area contributed by atoms with Gasteiger partial charge in [0, 0.05) is 29.8 Å². The number of ether oxygens (including phenoxy) is 2. The molecule has 33 heavy (non-hydrogen) atoms. The first-order valence-electron chi connectivity index (χ1n) is 11.4. The molecular weight excluding hydrogens is 434 g/mol. The van der Waals surface area contributed by atoms with Crippen LogP contribution in [0.4, 0.5) is 0 Å². The van der Waals surface area contributed by atoms with Crippen molar-refractivity contribution in [1.82, 2.24) is 24.1 Å². The summed E-state index contributed by atoms with van der Waals surface area (Å²) in [6.45, 7) is 2.09. The molecule has 0 bridgehead atoms. The Labute approximate surface area is 198 Å². The summed E-state index contributed by atoms with van der Waals surface area (Å²) >= 11 is 1.71. The van der Waals surface area contributed by atoms with Crippen molar-refractivity contribution in [2.45, 2.75) is 56.0 Å². The minimum Gasteiger partial charge on any atom is -0.493 e. The molecule has 0 aliphatic heterocycles. The fourth-order valence-corrected chi connectivity index (χ4v) is 5.52. The number of hydrogen-bond acceptors (Lipinski definition) is 6. The molecule has 0 N–H and O–H groups in total. The van der Waals surface area contributed by atoms with E-state index >= 15 is 0 Å². The van der Waals surface area contributed by atoms with E-state index in [-0.39, 0.29) is 0 Å². The van der Waals surface area contributed by atoms with Crippen molar-refractivity contribution in [2.75, 3.05) is 14.2 Å². The zero-order valence-corrected chi connectivity index (χ0v) is 20.1. The molecule has 0 unspecified atom stereocenters. The Kier molecular flexibility index (Phi) is 6.26. The average Bonchev–Trinajstić information content (AvgIpc) is 3.47. The van der Waals surface area contributed by atoms with Crippen molar-refractivity contribution >= 4 is 17.4 Å². The third-order valence-electron chi connectivity index (χ3n) is 6.32. The van der Waals surface area contributed by atoms with Gasteiger partial charge < -0.3 is 13.9 Å². The summed E-state index contributed by atoms with van der Waals surface area (Å²) in [6, 6.07) is 10.5. The average molecular weight is 464 g/mol. The molecule has 7 nitrogen and oxygen atoms in total. The molecule has 0 amide bonds. The lowest BCUT2D eigenvalue weighted by atomic mass is 9.95. The smallest absolute Gasteiger partial charge is 0.192 e. The van der Waals surface area contributed by atoms with Gasteiger partial charge in [-0.1, -0.05) is 37.1 Å². The number of methoxy groups -OCH3 is 2. The fraction of sp³-hybridized carbons (Fsp3) is 0.400. The first-order valence-corrected chi connectivity index (χ1v) is 12.4. The minimum atomic E-state index is 0.405. The molecule has 8 heteroatoms. The van der Waals surface area contributed by atoms with Crippen molar-refractivity contribution in [3.63, 3.8) is 0 Å². The van der Waals surface area contributed by atoms with Crippen LogP contribution in [0.2, 0.25) is 0 Å². The highest BCUT2D eigenvalue weighted by molar-refractivity contribution is 7.98. The molecule has 1 saturated carbocycles. The molecule has 4 aromatic rings. The normalized spacial score (nSPS) is 14.6. The largest absolute Gasteiger partial charge is 0.493 e. The zero-order chi connectivity index (χ0) is 22.8. The van der Waals surface area contributed by atoms with Gasteiger partial charge in [0.1, 0.15) is 5.65 Å². The van der Waals surface area contributed by atoms with E-state index in [9.17, 15) is 0 Å². The van der Waals surface area contributed by atoms with E-state index in [2.05, 4.69) is 44.4 Å². The predicted molar refractivity (Wildman–Crippen MR) is 130 cm³/mol. The highest BCUT2D eigenvalue weighted by Gasteiger charge is 2.24. The molecule has 0 spiro atoms. The summed E-state index contributed by atoms with van der Waals surface area (Å²) in [5.74, 6) is 3.04. The third-order valence-corrected chi connectivity index (χ3v) is 7.30.